The van der Waals surface area contributed by atoms with Gasteiger partial charge in [-0.15, -0.1) is 0 Å². The molecule has 0 aromatic rings. The molecule has 11 heavy (non-hydrogen) atoms. The molecule has 1 fully saturated rings. The van der Waals surface area contributed by atoms with Crippen molar-refractivity contribution in [2.24, 2.45) is 0 Å². The van der Waals surface area contributed by atoms with Crippen molar-refractivity contribution in [1.82, 2.24) is 10.2 Å². The molecule has 1 aliphatic rings. The van der Waals surface area contributed by atoms with Gasteiger partial charge in [-0.2, -0.15) is 0 Å². The van der Waals surface area contributed by atoms with Gasteiger partial charge >= 0.3 is 0 Å². The first-order valence-electron chi connectivity index (χ1n) is 3.82. The Morgan fingerprint density at radius 2 is 2.36 bits per heavy atom. The lowest BCUT2D eigenvalue weighted by atomic mass is 10.2. The number of amides is 1. The second-order valence-corrected chi connectivity index (χ2v) is 3.00. The molecule has 0 atom stereocenters. The van der Waals surface area contributed by atoms with Crippen LogP contribution in [0.4, 0.5) is 0 Å². The zero-order valence-corrected chi connectivity index (χ0v) is 7.05. The highest BCUT2D eigenvalue weighted by atomic mass is 16.1. The molecule has 0 aliphatic carbocycles. The maximum atomic E-state index is 11.0. The molecule has 0 aromatic carbocycles. The second kappa shape index (κ2) is 3.53. The summed E-state index contributed by atoms with van der Waals surface area (Å²) in [5.74, 6) is 0.104. The van der Waals surface area contributed by atoms with Crippen LogP contribution in [-0.2, 0) is 4.79 Å². The molecular formula is C8H14N2O. The largest absolute Gasteiger partial charge is 0.352 e. The topological polar surface area (TPSA) is 32.3 Å². The van der Waals surface area contributed by atoms with Crippen LogP contribution in [0.5, 0.6) is 0 Å². The molecular weight excluding hydrogens is 140 g/mol. The van der Waals surface area contributed by atoms with Gasteiger partial charge in [0.05, 0.1) is 0 Å². The van der Waals surface area contributed by atoms with Gasteiger partial charge in [-0.3, -0.25) is 4.79 Å². The summed E-state index contributed by atoms with van der Waals surface area (Å²) in [6, 6.07) is 0. The Kier molecular flexibility index (Phi) is 2.65. The molecule has 1 saturated heterocycles. The number of nitrogens with one attached hydrogen (secondary N) is 1. The predicted molar refractivity (Wildman–Crippen MR) is 44.3 cm³/mol. The van der Waals surface area contributed by atoms with Gasteiger partial charge in [0.1, 0.15) is 0 Å². The Hall–Kier alpha value is -0.830. The van der Waals surface area contributed by atoms with Gasteiger partial charge in [-0.05, 0) is 20.5 Å². The van der Waals surface area contributed by atoms with Gasteiger partial charge in [0.25, 0.3) is 0 Å². The Morgan fingerprint density at radius 3 is 2.82 bits per heavy atom. The Labute approximate surface area is 67.1 Å². The standard InChI is InChI=1S/C8H14N2O/c1-10(2)6-4-7-3-5-9-8(7)11/h4H,3,5-6H2,1-2H3,(H,9,11). The maximum absolute atomic E-state index is 11.0. The van der Waals surface area contributed by atoms with Crippen LogP contribution in [0.3, 0.4) is 0 Å². The van der Waals surface area contributed by atoms with E-state index in [0.717, 1.165) is 25.1 Å². The molecule has 0 bridgehead atoms. The third kappa shape index (κ3) is 2.35. The zero-order valence-electron chi connectivity index (χ0n) is 7.05. The van der Waals surface area contributed by atoms with Crippen LogP contribution in [0.25, 0.3) is 0 Å². The lowest BCUT2D eigenvalue weighted by molar-refractivity contribution is -0.116. The Bertz CT molecular complexity index is 185. The Morgan fingerprint density at radius 1 is 1.64 bits per heavy atom. The maximum Gasteiger partial charge on any atom is 0.247 e. The van der Waals surface area contributed by atoms with E-state index in [1.807, 2.05) is 25.1 Å². The van der Waals surface area contributed by atoms with E-state index in [9.17, 15) is 4.79 Å². The molecule has 3 nitrogen and oxygen atoms in total. The predicted octanol–water partition coefficient (Wildman–Crippen LogP) is -0.00570. The van der Waals surface area contributed by atoms with Crippen LogP contribution < -0.4 is 5.32 Å². The summed E-state index contributed by atoms with van der Waals surface area (Å²) in [6.45, 7) is 1.65. The summed E-state index contributed by atoms with van der Waals surface area (Å²) in [4.78, 5) is 13.0. The lowest BCUT2D eigenvalue weighted by Crippen LogP contribution is -2.16. The molecule has 1 N–H and O–H groups in total. The van der Waals surface area contributed by atoms with Crippen LogP contribution in [0.15, 0.2) is 11.6 Å². The monoisotopic (exact) mass is 154 g/mol. The second-order valence-electron chi connectivity index (χ2n) is 3.00. The van der Waals surface area contributed by atoms with Crippen LogP contribution in [0, 0.1) is 0 Å². The number of nitrogens with zero attached hydrogens (tertiary/aromatic N) is 1. The zero-order chi connectivity index (χ0) is 8.27. The van der Waals surface area contributed by atoms with Crippen molar-refractivity contribution in [3.63, 3.8) is 0 Å². The molecule has 3 heteroatoms. The summed E-state index contributed by atoms with van der Waals surface area (Å²) >= 11 is 0. The molecule has 0 saturated carbocycles. The van der Waals surface area contributed by atoms with E-state index in [4.69, 9.17) is 0 Å². The van der Waals surface area contributed by atoms with Gasteiger partial charge in [-0.25, -0.2) is 0 Å². The van der Waals surface area contributed by atoms with Crippen molar-refractivity contribution in [3.05, 3.63) is 11.6 Å². The molecule has 1 heterocycles. The molecule has 0 aromatic heterocycles. The summed E-state index contributed by atoms with van der Waals surface area (Å²) in [5, 5.41) is 2.77. The van der Waals surface area contributed by atoms with Crippen LogP contribution in [-0.4, -0.2) is 38.0 Å². The van der Waals surface area contributed by atoms with Crippen molar-refractivity contribution >= 4 is 5.91 Å². The minimum absolute atomic E-state index is 0.104. The minimum Gasteiger partial charge on any atom is -0.352 e. The number of carbonyl (C=O) groups excluding carboxylic acids is 1. The smallest absolute Gasteiger partial charge is 0.247 e. The summed E-state index contributed by atoms with van der Waals surface area (Å²) in [5.41, 5.74) is 0.929. The fourth-order valence-electron chi connectivity index (χ4n) is 1.03. The first-order chi connectivity index (χ1) is 5.20. The Balaban J connectivity index is 2.45. The molecule has 1 rings (SSSR count). The average molecular weight is 154 g/mol. The number of hydrogen-bond donors (Lipinski definition) is 1. The minimum atomic E-state index is 0.104. The van der Waals surface area contributed by atoms with E-state index in [2.05, 4.69) is 5.32 Å². The van der Waals surface area contributed by atoms with E-state index in [1.165, 1.54) is 0 Å². The highest BCUT2D eigenvalue weighted by Gasteiger charge is 2.14. The van der Waals surface area contributed by atoms with Crippen LogP contribution in [0.2, 0.25) is 0 Å². The van der Waals surface area contributed by atoms with Crippen molar-refractivity contribution < 1.29 is 4.79 Å². The SMILES string of the molecule is CN(C)CC=C1CCNC1=O. The van der Waals surface area contributed by atoms with E-state index in [1.54, 1.807) is 0 Å². The van der Waals surface area contributed by atoms with Gasteiger partial charge in [0, 0.05) is 18.7 Å². The van der Waals surface area contributed by atoms with E-state index < -0.39 is 0 Å². The number of hydrogen-bond acceptors (Lipinski definition) is 2. The third-order valence-corrected chi connectivity index (χ3v) is 1.67. The van der Waals surface area contributed by atoms with Crippen molar-refractivity contribution in [1.29, 1.82) is 0 Å². The van der Waals surface area contributed by atoms with Crippen molar-refractivity contribution in [3.8, 4) is 0 Å². The first kappa shape index (κ1) is 8.27. The van der Waals surface area contributed by atoms with Gasteiger partial charge in [0.15, 0.2) is 0 Å². The molecule has 1 amide bonds. The lowest BCUT2D eigenvalue weighted by Gasteiger charge is -2.04. The number of carbonyl (C=O) groups is 1. The summed E-state index contributed by atoms with van der Waals surface area (Å²) < 4.78 is 0. The molecule has 0 unspecified atom stereocenters. The van der Waals surface area contributed by atoms with E-state index in [-0.39, 0.29) is 5.91 Å². The van der Waals surface area contributed by atoms with E-state index >= 15 is 0 Å². The van der Waals surface area contributed by atoms with Gasteiger partial charge in [-0.1, -0.05) is 6.08 Å². The van der Waals surface area contributed by atoms with E-state index in [0.29, 0.717) is 0 Å². The van der Waals surface area contributed by atoms with Crippen molar-refractivity contribution in [2.45, 2.75) is 6.42 Å². The highest BCUT2D eigenvalue weighted by Crippen LogP contribution is 2.06. The third-order valence-electron chi connectivity index (χ3n) is 1.67. The van der Waals surface area contributed by atoms with Crippen LogP contribution >= 0.6 is 0 Å². The fraction of sp³-hybridized carbons (Fsp3) is 0.625. The fourth-order valence-corrected chi connectivity index (χ4v) is 1.03. The quantitative estimate of drug-likeness (QED) is 0.567. The first-order valence-corrected chi connectivity index (χ1v) is 3.82. The molecule has 62 valence electrons. The normalized spacial score (nSPS) is 21.4. The number of rotatable bonds is 2. The molecule has 0 spiro atoms. The van der Waals surface area contributed by atoms with Crippen LogP contribution in [0.1, 0.15) is 6.42 Å². The molecule has 0 radical (unpaired) electrons. The summed E-state index contributed by atoms with van der Waals surface area (Å²) in [6.07, 6.45) is 2.87. The van der Waals surface area contributed by atoms with Gasteiger partial charge < -0.3 is 10.2 Å². The highest BCUT2D eigenvalue weighted by molar-refractivity contribution is 5.95. The number of likely N-dealkylation sites (N-methyl/N-ethyl adjacent to an activating group) is 1. The van der Waals surface area contributed by atoms with Gasteiger partial charge in [0.2, 0.25) is 5.91 Å². The molecule has 1 aliphatic heterocycles. The average Bonchev–Trinajstić information content (AvgIpc) is 2.31. The van der Waals surface area contributed by atoms with Crippen molar-refractivity contribution in [2.75, 3.05) is 27.2 Å². The summed E-state index contributed by atoms with van der Waals surface area (Å²) in [7, 11) is 3.98.